The number of carbonyl (C=O) groups excluding carboxylic acids is 1. The molecule has 0 saturated carbocycles. The largest absolute Gasteiger partial charge is 0.497 e. The quantitative estimate of drug-likeness (QED) is 0.842. The SMILES string of the molecule is COc1ccc(C(O)CNC(=O)Cc2c(C)nn(C)c2Cl)cc1. The van der Waals surface area contributed by atoms with E-state index in [2.05, 4.69) is 10.4 Å². The van der Waals surface area contributed by atoms with Crippen molar-refractivity contribution in [2.24, 2.45) is 7.05 Å². The summed E-state index contributed by atoms with van der Waals surface area (Å²) in [4.78, 5) is 12.0. The lowest BCUT2D eigenvalue weighted by molar-refractivity contribution is -0.120. The van der Waals surface area contributed by atoms with E-state index in [0.29, 0.717) is 22.0 Å². The maximum Gasteiger partial charge on any atom is 0.224 e. The zero-order valence-corrected chi connectivity index (χ0v) is 14.1. The molecule has 0 spiro atoms. The standard InChI is InChI=1S/C16H20ClN3O3/c1-10-13(16(17)20(2)19-10)8-15(22)18-9-14(21)11-4-6-12(23-3)7-5-11/h4-7,14,21H,8-9H2,1-3H3,(H,18,22). The highest BCUT2D eigenvalue weighted by Crippen LogP contribution is 2.19. The van der Waals surface area contributed by atoms with Crippen molar-refractivity contribution in [2.75, 3.05) is 13.7 Å². The van der Waals surface area contributed by atoms with Crippen LogP contribution in [0.4, 0.5) is 0 Å². The predicted octanol–water partition coefficient (Wildman–Crippen LogP) is 1.78. The van der Waals surface area contributed by atoms with E-state index >= 15 is 0 Å². The van der Waals surface area contributed by atoms with Gasteiger partial charge in [-0.15, -0.1) is 0 Å². The van der Waals surface area contributed by atoms with Crippen LogP contribution in [0.2, 0.25) is 5.15 Å². The topological polar surface area (TPSA) is 76.4 Å². The summed E-state index contributed by atoms with van der Waals surface area (Å²) in [6.45, 7) is 1.93. The molecule has 0 radical (unpaired) electrons. The van der Waals surface area contributed by atoms with Gasteiger partial charge in [-0.05, 0) is 24.6 Å². The number of nitrogens with zero attached hydrogens (tertiary/aromatic N) is 2. The highest BCUT2D eigenvalue weighted by Gasteiger charge is 2.16. The van der Waals surface area contributed by atoms with E-state index in [9.17, 15) is 9.90 Å². The van der Waals surface area contributed by atoms with Crippen LogP contribution in [0.5, 0.6) is 5.75 Å². The van der Waals surface area contributed by atoms with Gasteiger partial charge in [0, 0.05) is 19.2 Å². The van der Waals surface area contributed by atoms with Crippen molar-refractivity contribution in [3.05, 3.63) is 46.2 Å². The zero-order valence-electron chi connectivity index (χ0n) is 13.3. The lowest BCUT2D eigenvalue weighted by Gasteiger charge is -2.13. The molecule has 0 bridgehead atoms. The normalized spacial score (nSPS) is 12.0. The number of aliphatic hydroxyl groups excluding tert-OH is 1. The molecule has 1 heterocycles. The van der Waals surface area contributed by atoms with Crippen LogP contribution >= 0.6 is 11.6 Å². The van der Waals surface area contributed by atoms with E-state index in [4.69, 9.17) is 16.3 Å². The Kier molecular flexibility index (Phi) is 5.63. The highest BCUT2D eigenvalue weighted by molar-refractivity contribution is 6.30. The first kappa shape index (κ1) is 17.3. The third-order valence-corrected chi connectivity index (χ3v) is 4.07. The fourth-order valence-electron chi connectivity index (χ4n) is 2.25. The summed E-state index contributed by atoms with van der Waals surface area (Å²) in [7, 11) is 3.31. The number of aliphatic hydroxyl groups is 1. The number of methoxy groups -OCH3 is 1. The summed E-state index contributed by atoms with van der Waals surface area (Å²) in [5, 5.41) is 17.4. The van der Waals surface area contributed by atoms with E-state index in [-0.39, 0.29) is 18.9 Å². The summed E-state index contributed by atoms with van der Waals surface area (Å²) in [6.07, 6.45) is -0.649. The summed E-state index contributed by atoms with van der Waals surface area (Å²) >= 11 is 6.10. The number of nitrogens with one attached hydrogen (secondary N) is 1. The smallest absolute Gasteiger partial charge is 0.224 e. The third kappa shape index (κ3) is 4.24. The van der Waals surface area contributed by atoms with Gasteiger partial charge in [0.05, 0.1) is 25.3 Å². The monoisotopic (exact) mass is 337 g/mol. The van der Waals surface area contributed by atoms with E-state index in [1.54, 1.807) is 45.3 Å². The molecule has 1 amide bonds. The molecule has 0 aliphatic rings. The molecule has 0 saturated heterocycles. The number of halogens is 1. The summed E-state index contributed by atoms with van der Waals surface area (Å²) in [5.74, 6) is 0.502. The molecule has 2 rings (SSSR count). The molecule has 6 nitrogen and oxygen atoms in total. The van der Waals surface area contributed by atoms with Crippen molar-refractivity contribution in [3.8, 4) is 5.75 Å². The van der Waals surface area contributed by atoms with Crippen LogP contribution in [-0.2, 0) is 18.3 Å². The number of aromatic nitrogens is 2. The van der Waals surface area contributed by atoms with Gasteiger partial charge < -0.3 is 15.2 Å². The van der Waals surface area contributed by atoms with Crippen LogP contribution in [0.15, 0.2) is 24.3 Å². The fraction of sp³-hybridized carbons (Fsp3) is 0.375. The maximum absolute atomic E-state index is 12.0. The van der Waals surface area contributed by atoms with Crippen LogP contribution in [-0.4, -0.2) is 34.4 Å². The molecule has 1 atom stereocenters. The maximum atomic E-state index is 12.0. The molecule has 2 aromatic rings. The molecule has 0 aliphatic heterocycles. The molecule has 1 aromatic carbocycles. The Labute approximate surface area is 140 Å². The molecule has 23 heavy (non-hydrogen) atoms. The number of carbonyl (C=O) groups is 1. The van der Waals surface area contributed by atoms with Gasteiger partial charge in [0.15, 0.2) is 0 Å². The second-order valence-corrected chi connectivity index (χ2v) is 5.61. The zero-order chi connectivity index (χ0) is 17.0. The third-order valence-electron chi connectivity index (χ3n) is 3.60. The first-order valence-electron chi connectivity index (χ1n) is 7.19. The Morgan fingerprint density at radius 2 is 2.09 bits per heavy atom. The second-order valence-electron chi connectivity index (χ2n) is 5.25. The number of aryl methyl sites for hydroxylation is 2. The van der Waals surface area contributed by atoms with Gasteiger partial charge in [-0.1, -0.05) is 23.7 Å². The second kappa shape index (κ2) is 7.48. The van der Waals surface area contributed by atoms with E-state index in [1.165, 1.54) is 4.68 Å². The summed E-state index contributed by atoms with van der Waals surface area (Å²) < 4.78 is 6.60. The minimum Gasteiger partial charge on any atom is -0.497 e. The molecule has 1 aromatic heterocycles. The average Bonchev–Trinajstić information content (AvgIpc) is 2.79. The Hall–Kier alpha value is -2.05. The number of hydrogen-bond acceptors (Lipinski definition) is 4. The number of benzene rings is 1. The Morgan fingerprint density at radius 3 is 2.61 bits per heavy atom. The van der Waals surface area contributed by atoms with Gasteiger partial charge >= 0.3 is 0 Å². The van der Waals surface area contributed by atoms with E-state index in [0.717, 1.165) is 5.69 Å². The van der Waals surface area contributed by atoms with Gasteiger partial charge in [-0.3, -0.25) is 9.48 Å². The number of rotatable bonds is 6. The Morgan fingerprint density at radius 1 is 1.43 bits per heavy atom. The van der Waals surface area contributed by atoms with Crippen LogP contribution in [0.3, 0.4) is 0 Å². The number of amides is 1. The van der Waals surface area contributed by atoms with Crippen molar-refractivity contribution in [3.63, 3.8) is 0 Å². The molecule has 7 heteroatoms. The van der Waals surface area contributed by atoms with Crippen molar-refractivity contribution < 1.29 is 14.6 Å². The molecule has 1 unspecified atom stereocenters. The molecular formula is C16H20ClN3O3. The minimum absolute atomic E-state index is 0.127. The minimum atomic E-state index is -0.782. The van der Waals surface area contributed by atoms with Crippen LogP contribution in [0.25, 0.3) is 0 Å². The van der Waals surface area contributed by atoms with Gasteiger partial charge in [0.25, 0.3) is 0 Å². The van der Waals surface area contributed by atoms with Crippen molar-refractivity contribution in [1.82, 2.24) is 15.1 Å². The van der Waals surface area contributed by atoms with Crippen molar-refractivity contribution >= 4 is 17.5 Å². The summed E-state index contributed by atoms with van der Waals surface area (Å²) in [6, 6.07) is 7.05. The first-order valence-corrected chi connectivity index (χ1v) is 7.57. The predicted molar refractivity (Wildman–Crippen MR) is 87.6 cm³/mol. The van der Waals surface area contributed by atoms with Gasteiger partial charge in [0.2, 0.25) is 5.91 Å². The highest BCUT2D eigenvalue weighted by atomic mass is 35.5. The Balaban J connectivity index is 1.90. The van der Waals surface area contributed by atoms with Gasteiger partial charge in [-0.25, -0.2) is 0 Å². The van der Waals surface area contributed by atoms with Gasteiger partial charge in [0.1, 0.15) is 10.9 Å². The average molecular weight is 338 g/mol. The fourth-order valence-corrected chi connectivity index (χ4v) is 2.49. The van der Waals surface area contributed by atoms with Gasteiger partial charge in [-0.2, -0.15) is 5.10 Å². The molecule has 0 aliphatic carbocycles. The van der Waals surface area contributed by atoms with E-state index in [1.807, 2.05) is 0 Å². The first-order chi connectivity index (χ1) is 10.9. The molecule has 0 fully saturated rings. The van der Waals surface area contributed by atoms with Crippen molar-refractivity contribution in [1.29, 1.82) is 0 Å². The number of ether oxygens (including phenoxy) is 1. The lowest BCUT2D eigenvalue weighted by Crippen LogP contribution is -2.29. The molecule has 124 valence electrons. The van der Waals surface area contributed by atoms with Crippen LogP contribution in [0, 0.1) is 6.92 Å². The molecule has 2 N–H and O–H groups in total. The summed E-state index contributed by atoms with van der Waals surface area (Å²) in [5.41, 5.74) is 2.13. The van der Waals surface area contributed by atoms with Crippen LogP contribution in [0.1, 0.15) is 22.9 Å². The van der Waals surface area contributed by atoms with E-state index < -0.39 is 6.10 Å². The Bertz CT molecular complexity index is 683. The lowest BCUT2D eigenvalue weighted by atomic mass is 10.1. The van der Waals surface area contributed by atoms with Crippen LogP contribution < -0.4 is 10.1 Å². The number of hydrogen-bond donors (Lipinski definition) is 2. The molecular weight excluding hydrogens is 318 g/mol. The van der Waals surface area contributed by atoms with Crippen molar-refractivity contribution in [2.45, 2.75) is 19.4 Å².